The average molecular weight is 457 g/mol. The molecule has 0 aliphatic carbocycles. The van der Waals surface area contributed by atoms with Crippen LogP contribution in [-0.2, 0) is 6.54 Å². The molecule has 0 bridgehead atoms. The molecule has 1 atom stereocenters. The smallest absolute Gasteiger partial charge is 0.159 e. The molecular weight excluding hydrogens is 430 g/mol. The van der Waals surface area contributed by atoms with Crippen LogP contribution in [0.15, 0.2) is 73.2 Å². The fraction of sp³-hybridized carbons (Fsp3) is 0.250. The third-order valence-corrected chi connectivity index (χ3v) is 6.47. The maximum absolute atomic E-state index is 13.7. The molecule has 1 fully saturated rings. The molecule has 0 amide bonds. The highest BCUT2D eigenvalue weighted by Gasteiger charge is 2.26. The van der Waals surface area contributed by atoms with Crippen molar-refractivity contribution in [3.8, 4) is 22.5 Å². The molecule has 1 aliphatic heterocycles. The summed E-state index contributed by atoms with van der Waals surface area (Å²) in [5.41, 5.74) is 6.11. The zero-order valence-corrected chi connectivity index (χ0v) is 19.1. The Bertz CT molecular complexity index is 1290. The van der Waals surface area contributed by atoms with E-state index in [2.05, 4.69) is 28.9 Å². The van der Waals surface area contributed by atoms with Crippen LogP contribution in [0.4, 0.5) is 8.78 Å². The minimum absolute atomic E-state index is 0.206. The number of aryl methyl sites for hydroxylation is 1. The number of likely N-dealkylation sites (tertiary alicyclic amines) is 1. The molecule has 4 nitrogen and oxygen atoms in total. The van der Waals surface area contributed by atoms with E-state index in [-0.39, 0.29) is 5.92 Å². The Hall–Kier alpha value is -3.51. The second kappa shape index (κ2) is 9.77. The predicted molar refractivity (Wildman–Crippen MR) is 129 cm³/mol. The number of aromatic nitrogens is 3. The monoisotopic (exact) mass is 456 g/mol. The van der Waals surface area contributed by atoms with Gasteiger partial charge >= 0.3 is 0 Å². The van der Waals surface area contributed by atoms with Gasteiger partial charge in [-0.15, -0.1) is 0 Å². The third-order valence-electron chi connectivity index (χ3n) is 6.47. The Morgan fingerprint density at radius 3 is 2.59 bits per heavy atom. The van der Waals surface area contributed by atoms with Crippen molar-refractivity contribution in [3.05, 3.63) is 102 Å². The van der Waals surface area contributed by atoms with Gasteiger partial charge in [-0.2, -0.15) is 0 Å². The van der Waals surface area contributed by atoms with E-state index in [1.165, 1.54) is 17.7 Å². The van der Waals surface area contributed by atoms with E-state index >= 15 is 0 Å². The molecule has 0 N–H and O–H groups in total. The summed E-state index contributed by atoms with van der Waals surface area (Å²) in [7, 11) is 0. The largest absolute Gasteiger partial charge is 0.298 e. The number of halogens is 2. The molecule has 4 aromatic rings. The molecule has 172 valence electrons. The third kappa shape index (κ3) is 4.73. The van der Waals surface area contributed by atoms with Gasteiger partial charge in [0, 0.05) is 48.7 Å². The first-order valence-electron chi connectivity index (χ1n) is 11.6. The van der Waals surface area contributed by atoms with Crippen molar-refractivity contribution in [3.63, 3.8) is 0 Å². The first-order chi connectivity index (χ1) is 16.6. The summed E-state index contributed by atoms with van der Waals surface area (Å²) in [5.74, 6) is -0.719. The zero-order valence-electron chi connectivity index (χ0n) is 19.1. The summed E-state index contributed by atoms with van der Waals surface area (Å²) in [4.78, 5) is 16.2. The molecule has 0 saturated carbocycles. The van der Waals surface area contributed by atoms with Gasteiger partial charge in [-0.05, 0) is 67.3 Å². The summed E-state index contributed by atoms with van der Waals surface area (Å²) in [6.45, 7) is 4.39. The fourth-order valence-corrected chi connectivity index (χ4v) is 4.75. The molecule has 0 radical (unpaired) electrons. The van der Waals surface area contributed by atoms with Gasteiger partial charge in [-0.1, -0.05) is 30.3 Å². The average Bonchev–Trinajstić information content (AvgIpc) is 2.87. The maximum atomic E-state index is 13.7. The Morgan fingerprint density at radius 2 is 1.79 bits per heavy atom. The maximum Gasteiger partial charge on any atom is 0.159 e. The molecular formula is C28H26F2N4. The standard InChI is InChI=1S/C28H26F2N4/c1-19-5-2-3-7-23(19)24-16-32-28(21-10-12-31-13-11-21)33-27(24)22-6-4-14-34(18-22)17-20-8-9-25(29)26(30)15-20/h2-3,5,7-13,15-16,22H,4,6,14,17-18H2,1H3. The van der Waals surface area contributed by atoms with E-state index in [4.69, 9.17) is 9.97 Å². The van der Waals surface area contributed by atoms with Crippen LogP contribution in [0.3, 0.4) is 0 Å². The van der Waals surface area contributed by atoms with Gasteiger partial charge < -0.3 is 0 Å². The normalized spacial score (nSPS) is 16.5. The van der Waals surface area contributed by atoms with Gasteiger partial charge in [-0.25, -0.2) is 18.7 Å². The first-order valence-corrected chi connectivity index (χ1v) is 11.6. The summed E-state index contributed by atoms with van der Waals surface area (Å²) < 4.78 is 27.1. The number of piperidine rings is 1. The Morgan fingerprint density at radius 1 is 0.971 bits per heavy atom. The van der Waals surface area contributed by atoms with Gasteiger partial charge in [0.2, 0.25) is 0 Å². The fourth-order valence-electron chi connectivity index (χ4n) is 4.75. The van der Waals surface area contributed by atoms with Gasteiger partial charge in [0.1, 0.15) is 0 Å². The highest BCUT2D eigenvalue weighted by Crippen LogP contribution is 2.35. The SMILES string of the molecule is Cc1ccccc1-c1cnc(-c2ccncc2)nc1C1CCCN(Cc2ccc(F)c(F)c2)C1. The molecule has 34 heavy (non-hydrogen) atoms. The van der Waals surface area contributed by atoms with Crippen LogP contribution in [0.5, 0.6) is 0 Å². The Balaban J connectivity index is 1.50. The minimum Gasteiger partial charge on any atom is -0.298 e. The van der Waals surface area contributed by atoms with E-state index in [1.807, 2.05) is 30.5 Å². The molecule has 3 heterocycles. The molecule has 1 aliphatic rings. The zero-order chi connectivity index (χ0) is 23.5. The number of rotatable bonds is 5. The van der Waals surface area contributed by atoms with Crippen LogP contribution in [0.25, 0.3) is 22.5 Å². The van der Waals surface area contributed by atoms with Crippen molar-refractivity contribution in [2.24, 2.45) is 0 Å². The Labute approximate surface area is 198 Å². The minimum atomic E-state index is -0.812. The number of benzene rings is 2. The molecule has 5 rings (SSSR count). The van der Waals surface area contributed by atoms with Crippen LogP contribution < -0.4 is 0 Å². The number of nitrogens with zero attached hydrogens (tertiary/aromatic N) is 4. The van der Waals surface area contributed by atoms with Crippen molar-refractivity contribution < 1.29 is 8.78 Å². The Kier molecular flexibility index (Phi) is 6.41. The highest BCUT2D eigenvalue weighted by molar-refractivity contribution is 5.70. The van der Waals surface area contributed by atoms with Crippen LogP contribution in [0.2, 0.25) is 0 Å². The van der Waals surface area contributed by atoms with Crippen molar-refractivity contribution in [1.29, 1.82) is 0 Å². The number of pyridine rings is 1. The molecule has 6 heteroatoms. The van der Waals surface area contributed by atoms with Crippen LogP contribution in [0, 0.1) is 18.6 Å². The van der Waals surface area contributed by atoms with E-state index < -0.39 is 11.6 Å². The first kappa shape index (κ1) is 22.3. The molecule has 2 aromatic heterocycles. The van der Waals surface area contributed by atoms with Gasteiger partial charge in [-0.3, -0.25) is 9.88 Å². The van der Waals surface area contributed by atoms with Gasteiger partial charge in [0.25, 0.3) is 0 Å². The van der Waals surface area contributed by atoms with E-state index in [0.717, 1.165) is 53.9 Å². The number of hydrogen-bond donors (Lipinski definition) is 0. The van der Waals surface area contributed by atoms with E-state index in [0.29, 0.717) is 12.4 Å². The second-order valence-electron chi connectivity index (χ2n) is 8.87. The predicted octanol–water partition coefficient (Wildman–Crippen LogP) is 6.17. The van der Waals surface area contributed by atoms with Gasteiger partial charge in [0.15, 0.2) is 17.5 Å². The van der Waals surface area contributed by atoms with Crippen LogP contribution in [0.1, 0.15) is 35.6 Å². The lowest BCUT2D eigenvalue weighted by atomic mass is 9.88. The lowest BCUT2D eigenvalue weighted by Gasteiger charge is -2.33. The van der Waals surface area contributed by atoms with Crippen LogP contribution >= 0.6 is 0 Å². The summed E-state index contributed by atoms with van der Waals surface area (Å²) in [6, 6.07) is 16.3. The van der Waals surface area contributed by atoms with Crippen molar-refractivity contribution in [2.45, 2.75) is 32.2 Å². The summed E-state index contributed by atoms with van der Waals surface area (Å²) in [6.07, 6.45) is 7.46. The summed E-state index contributed by atoms with van der Waals surface area (Å²) >= 11 is 0. The molecule has 1 unspecified atom stereocenters. The molecule has 0 spiro atoms. The quantitative estimate of drug-likeness (QED) is 0.360. The summed E-state index contributed by atoms with van der Waals surface area (Å²) in [5, 5.41) is 0. The lowest BCUT2D eigenvalue weighted by molar-refractivity contribution is 0.198. The topological polar surface area (TPSA) is 41.9 Å². The second-order valence-corrected chi connectivity index (χ2v) is 8.87. The number of hydrogen-bond acceptors (Lipinski definition) is 4. The van der Waals surface area contributed by atoms with Crippen LogP contribution in [-0.4, -0.2) is 32.9 Å². The lowest BCUT2D eigenvalue weighted by Crippen LogP contribution is -2.34. The van der Waals surface area contributed by atoms with Crippen molar-refractivity contribution in [2.75, 3.05) is 13.1 Å². The van der Waals surface area contributed by atoms with Crippen molar-refractivity contribution in [1.82, 2.24) is 19.9 Å². The van der Waals surface area contributed by atoms with E-state index in [1.54, 1.807) is 18.5 Å². The molecule has 1 saturated heterocycles. The van der Waals surface area contributed by atoms with Gasteiger partial charge in [0.05, 0.1) is 5.69 Å². The molecule has 2 aromatic carbocycles. The van der Waals surface area contributed by atoms with Crippen molar-refractivity contribution >= 4 is 0 Å². The highest BCUT2D eigenvalue weighted by atomic mass is 19.2. The van der Waals surface area contributed by atoms with E-state index in [9.17, 15) is 8.78 Å².